The van der Waals surface area contributed by atoms with Crippen molar-refractivity contribution in [2.75, 3.05) is 5.32 Å². The highest BCUT2D eigenvalue weighted by Crippen LogP contribution is 2.33. The molecule has 1 heterocycles. The average Bonchev–Trinajstić information content (AvgIpc) is 2.95. The summed E-state index contributed by atoms with van der Waals surface area (Å²) in [7, 11) is -4.02. The van der Waals surface area contributed by atoms with Gasteiger partial charge in [-0.3, -0.25) is 10.1 Å². The molecule has 0 aliphatic carbocycles. The first kappa shape index (κ1) is 17.3. The van der Waals surface area contributed by atoms with Gasteiger partial charge < -0.3 is 5.32 Å². The standard InChI is InChI=1S/C15H14N4O4S2/c1-2-9-3-5-12-14(7-9)24-15(18-12)17-11-6-4-10(25(16,22)23)8-13(11)19(20)21/h3-8H,2H2,1H3,(H,17,18)(H2,16,22,23). The normalized spacial score (nSPS) is 11.6. The van der Waals surface area contributed by atoms with E-state index in [1.165, 1.54) is 29.0 Å². The van der Waals surface area contributed by atoms with Crippen LogP contribution in [-0.2, 0) is 16.4 Å². The van der Waals surface area contributed by atoms with Gasteiger partial charge in [-0.1, -0.05) is 24.3 Å². The van der Waals surface area contributed by atoms with Gasteiger partial charge in [0.05, 0.1) is 20.0 Å². The van der Waals surface area contributed by atoms with E-state index >= 15 is 0 Å². The summed E-state index contributed by atoms with van der Waals surface area (Å²) < 4.78 is 23.7. The Labute approximate surface area is 147 Å². The molecule has 0 atom stereocenters. The second-order valence-corrected chi connectivity index (χ2v) is 7.87. The van der Waals surface area contributed by atoms with Crippen LogP contribution >= 0.6 is 11.3 Å². The first-order chi connectivity index (χ1) is 11.8. The number of nitrogens with two attached hydrogens (primary N) is 1. The zero-order chi connectivity index (χ0) is 18.2. The number of nitrogens with zero attached hydrogens (tertiary/aromatic N) is 2. The molecule has 0 amide bonds. The van der Waals surface area contributed by atoms with Gasteiger partial charge in [-0.05, 0) is 36.2 Å². The molecule has 0 saturated carbocycles. The lowest BCUT2D eigenvalue weighted by Gasteiger charge is -2.05. The number of aromatic nitrogens is 1. The molecule has 8 nitrogen and oxygen atoms in total. The molecule has 10 heteroatoms. The van der Waals surface area contributed by atoms with Crippen LogP contribution in [0.3, 0.4) is 0 Å². The second kappa shape index (κ2) is 6.39. The molecule has 3 aromatic rings. The van der Waals surface area contributed by atoms with Crippen molar-refractivity contribution < 1.29 is 13.3 Å². The van der Waals surface area contributed by atoms with E-state index in [2.05, 4.69) is 17.2 Å². The monoisotopic (exact) mass is 378 g/mol. The van der Waals surface area contributed by atoms with Crippen molar-refractivity contribution in [3.63, 3.8) is 0 Å². The summed E-state index contributed by atoms with van der Waals surface area (Å²) in [6.07, 6.45) is 0.900. The predicted octanol–water partition coefficient (Wildman–Crippen LogP) is 3.16. The molecular weight excluding hydrogens is 364 g/mol. The average molecular weight is 378 g/mol. The van der Waals surface area contributed by atoms with Crippen molar-refractivity contribution in [1.29, 1.82) is 0 Å². The summed E-state index contributed by atoms with van der Waals surface area (Å²) in [5.74, 6) is 0. The first-order valence-corrected chi connectivity index (χ1v) is 9.62. The van der Waals surface area contributed by atoms with Crippen LogP contribution in [-0.4, -0.2) is 18.3 Å². The van der Waals surface area contributed by atoms with E-state index in [-0.39, 0.29) is 16.3 Å². The Bertz CT molecular complexity index is 1080. The lowest BCUT2D eigenvalue weighted by molar-refractivity contribution is -0.384. The molecule has 1 aromatic heterocycles. The largest absolute Gasteiger partial charge is 0.326 e. The van der Waals surface area contributed by atoms with E-state index in [9.17, 15) is 18.5 Å². The zero-order valence-corrected chi connectivity index (χ0v) is 14.7. The van der Waals surface area contributed by atoms with Crippen LogP contribution in [0.4, 0.5) is 16.5 Å². The smallest absolute Gasteiger partial charge is 0.294 e. The highest BCUT2D eigenvalue weighted by molar-refractivity contribution is 7.89. The zero-order valence-electron chi connectivity index (χ0n) is 13.1. The number of aryl methyl sites for hydroxylation is 1. The number of nitro groups is 1. The highest BCUT2D eigenvalue weighted by Gasteiger charge is 2.20. The minimum Gasteiger partial charge on any atom is -0.326 e. The minimum absolute atomic E-state index is 0.146. The number of fused-ring (bicyclic) bond motifs is 1. The van der Waals surface area contributed by atoms with Crippen molar-refractivity contribution in [2.24, 2.45) is 5.14 Å². The number of hydrogen-bond acceptors (Lipinski definition) is 7. The maximum absolute atomic E-state index is 11.4. The Kier molecular flexibility index (Phi) is 4.41. The van der Waals surface area contributed by atoms with E-state index in [4.69, 9.17) is 5.14 Å². The lowest BCUT2D eigenvalue weighted by atomic mass is 10.2. The molecule has 0 radical (unpaired) electrons. The molecule has 3 N–H and O–H groups in total. The fourth-order valence-electron chi connectivity index (χ4n) is 2.30. The van der Waals surface area contributed by atoms with Gasteiger partial charge in [-0.25, -0.2) is 18.5 Å². The van der Waals surface area contributed by atoms with E-state index < -0.39 is 14.9 Å². The van der Waals surface area contributed by atoms with E-state index in [1.54, 1.807) is 0 Å². The molecule has 130 valence electrons. The Balaban J connectivity index is 2.01. The fourth-order valence-corrected chi connectivity index (χ4v) is 3.78. The maximum atomic E-state index is 11.4. The van der Waals surface area contributed by atoms with Crippen LogP contribution in [0.15, 0.2) is 41.3 Å². The van der Waals surface area contributed by atoms with Crippen LogP contribution in [0, 0.1) is 10.1 Å². The van der Waals surface area contributed by atoms with Crippen molar-refractivity contribution in [2.45, 2.75) is 18.2 Å². The number of rotatable bonds is 5. The predicted molar refractivity (Wildman–Crippen MR) is 96.8 cm³/mol. The SMILES string of the molecule is CCc1ccc2nc(Nc3ccc(S(N)(=O)=O)cc3[N+](=O)[O-])sc2c1. The van der Waals surface area contributed by atoms with E-state index in [1.807, 2.05) is 18.2 Å². The third-order valence-electron chi connectivity index (χ3n) is 3.60. The maximum Gasteiger partial charge on any atom is 0.294 e. The fraction of sp³-hybridized carbons (Fsp3) is 0.133. The number of thiazole rings is 1. The Hall–Kier alpha value is -2.56. The topological polar surface area (TPSA) is 128 Å². The molecule has 0 fully saturated rings. The molecule has 2 aromatic carbocycles. The quantitative estimate of drug-likeness (QED) is 0.518. The summed E-state index contributed by atoms with van der Waals surface area (Å²) in [4.78, 5) is 14.7. The number of nitro benzene ring substituents is 1. The lowest BCUT2D eigenvalue weighted by Crippen LogP contribution is -2.12. The van der Waals surface area contributed by atoms with Crippen molar-refractivity contribution in [1.82, 2.24) is 4.98 Å². The van der Waals surface area contributed by atoms with Gasteiger partial charge in [-0.15, -0.1) is 0 Å². The number of sulfonamides is 1. The molecule has 0 aliphatic heterocycles. The molecule has 0 unspecified atom stereocenters. The molecular formula is C15H14N4O4S2. The number of anilines is 2. The molecule has 3 rings (SSSR count). The van der Waals surface area contributed by atoms with E-state index in [0.29, 0.717) is 5.13 Å². The first-order valence-electron chi connectivity index (χ1n) is 7.25. The summed E-state index contributed by atoms with van der Waals surface area (Å²) in [5.41, 5.74) is 1.71. The van der Waals surface area contributed by atoms with Crippen LogP contribution in [0.1, 0.15) is 12.5 Å². The van der Waals surface area contributed by atoms with Gasteiger partial charge in [0.1, 0.15) is 5.69 Å². The van der Waals surface area contributed by atoms with Gasteiger partial charge in [0.2, 0.25) is 10.0 Å². The molecule has 25 heavy (non-hydrogen) atoms. The summed E-state index contributed by atoms with van der Waals surface area (Å²) in [6.45, 7) is 2.05. The Morgan fingerprint density at radius 1 is 1.28 bits per heavy atom. The van der Waals surface area contributed by atoms with Crippen molar-refractivity contribution in [3.05, 3.63) is 52.1 Å². The van der Waals surface area contributed by atoms with Gasteiger partial charge in [-0.2, -0.15) is 0 Å². The van der Waals surface area contributed by atoms with Gasteiger partial charge in [0.15, 0.2) is 5.13 Å². The number of nitrogens with one attached hydrogen (secondary N) is 1. The van der Waals surface area contributed by atoms with Crippen LogP contribution in [0.5, 0.6) is 0 Å². The molecule has 0 aliphatic rings. The third kappa shape index (κ3) is 3.60. The summed E-state index contributed by atoms with van der Waals surface area (Å²) in [5, 5.41) is 19.7. The van der Waals surface area contributed by atoms with Crippen LogP contribution in [0.25, 0.3) is 10.2 Å². The second-order valence-electron chi connectivity index (χ2n) is 5.28. The number of hydrogen-bond donors (Lipinski definition) is 2. The van der Waals surface area contributed by atoms with E-state index in [0.717, 1.165) is 22.7 Å². The summed E-state index contributed by atoms with van der Waals surface area (Å²) in [6, 6.07) is 9.36. The Morgan fingerprint density at radius 3 is 2.68 bits per heavy atom. The molecule has 0 bridgehead atoms. The molecule has 0 spiro atoms. The Morgan fingerprint density at radius 2 is 2.04 bits per heavy atom. The molecule has 0 saturated heterocycles. The summed E-state index contributed by atoms with van der Waals surface area (Å²) >= 11 is 1.36. The van der Waals surface area contributed by atoms with Gasteiger partial charge in [0.25, 0.3) is 5.69 Å². The van der Waals surface area contributed by atoms with Gasteiger partial charge in [0, 0.05) is 6.07 Å². The minimum atomic E-state index is -4.02. The van der Waals surface area contributed by atoms with Crippen molar-refractivity contribution >= 4 is 48.1 Å². The van der Waals surface area contributed by atoms with Crippen LogP contribution < -0.4 is 10.5 Å². The number of primary sulfonamides is 1. The number of benzene rings is 2. The van der Waals surface area contributed by atoms with Crippen molar-refractivity contribution in [3.8, 4) is 0 Å². The highest BCUT2D eigenvalue weighted by atomic mass is 32.2. The van der Waals surface area contributed by atoms with Gasteiger partial charge >= 0.3 is 0 Å². The third-order valence-corrected chi connectivity index (χ3v) is 5.44. The van der Waals surface area contributed by atoms with Crippen LogP contribution in [0.2, 0.25) is 0 Å².